The van der Waals surface area contributed by atoms with Crippen molar-refractivity contribution in [3.05, 3.63) is 75.2 Å². The number of nitrogens with zero attached hydrogens (tertiary/aromatic N) is 6. The van der Waals surface area contributed by atoms with Crippen LogP contribution >= 0.6 is 11.6 Å². The molecule has 0 radical (unpaired) electrons. The van der Waals surface area contributed by atoms with E-state index in [1.165, 1.54) is 10.6 Å². The molecule has 4 aromatic rings. The summed E-state index contributed by atoms with van der Waals surface area (Å²) >= 11 is 6.84. The number of ether oxygens (including phenoxy) is 1. The summed E-state index contributed by atoms with van der Waals surface area (Å²) in [6.07, 6.45) is 3.02. The van der Waals surface area contributed by atoms with Crippen LogP contribution in [0.25, 0.3) is 28.0 Å². The van der Waals surface area contributed by atoms with E-state index in [9.17, 15) is 9.59 Å². The van der Waals surface area contributed by atoms with E-state index in [0.29, 0.717) is 42.2 Å². The van der Waals surface area contributed by atoms with Crippen molar-refractivity contribution in [2.45, 2.75) is 71.4 Å². The highest BCUT2D eigenvalue weighted by Crippen LogP contribution is 2.48. The van der Waals surface area contributed by atoms with Gasteiger partial charge in [0.15, 0.2) is 5.65 Å². The second kappa shape index (κ2) is 10.8. The van der Waals surface area contributed by atoms with Gasteiger partial charge in [-0.05, 0) is 76.3 Å². The van der Waals surface area contributed by atoms with Crippen molar-refractivity contribution in [2.75, 3.05) is 24.5 Å². The van der Waals surface area contributed by atoms with Gasteiger partial charge in [0.05, 0.1) is 33.0 Å². The van der Waals surface area contributed by atoms with Crippen LogP contribution in [-0.2, 0) is 4.74 Å². The number of rotatable bonds is 4. The molecule has 44 heavy (non-hydrogen) atoms. The van der Waals surface area contributed by atoms with E-state index in [2.05, 4.69) is 14.9 Å². The van der Waals surface area contributed by atoms with Gasteiger partial charge in [-0.2, -0.15) is 4.98 Å². The van der Waals surface area contributed by atoms with Gasteiger partial charge in [-0.1, -0.05) is 37.6 Å². The zero-order valence-electron chi connectivity index (χ0n) is 25.8. The first-order chi connectivity index (χ1) is 20.8. The summed E-state index contributed by atoms with van der Waals surface area (Å²) in [5.74, 6) is -0.0229. The van der Waals surface area contributed by atoms with Crippen LogP contribution in [0, 0.1) is 12.7 Å². The lowest BCUT2D eigenvalue weighted by Gasteiger charge is -2.43. The Balaban J connectivity index is 1.56. The van der Waals surface area contributed by atoms with Gasteiger partial charge in [0.2, 0.25) is 0 Å². The second-order valence-electron chi connectivity index (χ2n) is 13.0. The molecule has 9 nitrogen and oxygen atoms in total. The third-order valence-corrected chi connectivity index (χ3v) is 8.53. The van der Waals surface area contributed by atoms with Gasteiger partial charge in [-0.15, -0.1) is 0 Å². The molecule has 230 valence electrons. The fourth-order valence-corrected chi connectivity index (χ4v) is 6.26. The van der Waals surface area contributed by atoms with E-state index in [1.54, 1.807) is 35.4 Å². The van der Waals surface area contributed by atoms with Crippen LogP contribution < -0.4 is 10.6 Å². The SMILES string of the molecule is Cc1ccnc(C(C)C)c1-n1c(=O)nc(N2CCN(C(=O)OC(C)(C)C)CC23CC3)c2cc(Cl)c(-c3ccccc3F)nc21. The average molecular weight is 619 g/mol. The Morgan fingerprint density at radius 3 is 2.50 bits per heavy atom. The lowest BCUT2D eigenvalue weighted by molar-refractivity contribution is 0.0205. The zero-order chi connectivity index (χ0) is 31.6. The van der Waals surface area contributed by atoms with Crippen LogP contribution in [-0.4, -0.2) is 61.3 Å². The molecule has 0 unspecified atom stereocenters. The highest BCUT2D eigenvalue weighted by molar-refractivity contribution is 6.33. The molecule has 0 atom stereocenters. The van der Waals surface area contributed by atoms with Crippen molar-refractivity contribution in [1.82, 2.24) is 24.4 Å². The second-order valence-corrected chi connectivity index (χ2v) is 13.4. The van der Waals surface area contributed by atoms with Gasteiger partial charge in [-0.3, -0.25) is 4.98 Å². The zero-order valence-corrected chi connectivity index (χ0v) is 26.6. The molecule has 1 amide bonds. The van der Waals surface area contributed by atoms with E-state index in [-0.39, 0.29) is 28.3 Å². The molecule has 2 fully saturated rings. The first kappa shape index (κ1) is 30.0. The molecular weight excluding hydrogens is 583 g/mol. The molecule has 1 saturated heterocycles. The predicted octanol–water partition coefficient (Wildman–Crippen LogP) is 6.66. The number of anilines is 1. The van der Waals surface area contributed by atoms with E-state index in [0.717, 1.165) is 24.1 Å². The number of hydrogen-bond donors (Lipinski definition) is 0. The summed E-state index contributed by atoms with van der Waals surface area (Å²) in [4.78, 5) is 45.1. The maximum absolute atomic E-state index is 15.0. The normalized spacial score (nSPS) is 16.2. The lowest BCUT2D eigenvalue weighted by Crippen LogP contribution is -2.58. The van der Waals surface area contributed by atoms with Crippen molar-refractivity contribution in [3.63, 3.8) is 0 Å². The number of pyridine rings is 2. The Morgan fingerprint density at radius 2 is 1.84 bits per heavy atom. The largest absolute Gasteiger partial charge is 0.444 e. The van der Waals surface area contributed by atoms with E-state index in [1.807, 2.05) is 47.6 Å². The van der Waals surface area contributed by atoms with Gasteiger partial charge in [0.1, 0.15) is 17.2 Å². The first-order valence-electron chi connectivity index (χ1n) is 14.9. The highest BCUT2D eigenvalue weighted by Gasteiger charge is 2.53. The molecule has 2 aliphatic rings. The minimum Gasteiger partial charge on any atom is -0.444 e. The minimum absolute atomic E-state index is 0.000491. The maximum atomic E-state index is 15.0. The maximum Gasteiger partial charge on any atom is 0.410 e. The summed E-state index contributed by atoms with van der Waals surface area (Å²) in [6, 6.07) is 9.85. The van der Waals surface area contributed by atoms with E-state index < -0.39 is 22.6 Å². The summed E-state index contributed by atoms with van der Waals surface area (Å²) in [5.41, 5.74) is 1.40. The fourth-order valence-electron chi connectivity index (χ4n) is 6.00. The third kappa shape index (κ3) is 5.29. The molecule has 0 bridgehead atoms. The number of aryl methyl sites for hydroxylation is 1. The van der Waals surface area contributed by atoms with E-state index >= 15 is 4.39 Å². The molecule has 1 saturated carbocycles. The number of carbonyl (C=O) groups is 1. The fraction of sp³-hybridized carbons (Fsp3) is 0.424. The number of hydrogen-bond acceptors (Lipinski definition) is 7. The summed E-state index contributed by atoms with van der Waals surface area (Å²) in [5, 5.41) is 0.796. The Morgan fingerprint density at radius 1 is 1.11 bits per heavy atom. The van der Waals surface area contributed by atoms with Crippen molar-refractivity contribution in [1.29, 1.82) is 0 Å². The van der Waals surface area contributed by atoms with Crippen LogP contribution in [0.15, 0.2) is 47.4 Å². The summed E-state index contributed by atoms with van der Waals surface area (Å²) in [6.45, 7) is 12.8. The molecule has 3 aromatic heterocycles. The quantitative estimate of drug-likeness (QED) is 0.253. The molecule has 1 aliphatic carbocycles. The van der Waals surface area contributed by atoms with Crippen molar-refractivity contribution >= 4 is 34.5 Å². The molecule has 6 rings (SSSR count). The topological polar surface area (TPSA) is 93.5 Å². The number of amides is 1. The smallest absolute Gasteiger partial charge is 0.410 e. The number of fused-ring (bicyclic) bond motifs is 1. The van der Waals surface area contributed by atoms with Gasteiger partial charge < -0.3 is 14.5 Å². The molecule has 1 aromatic carbocycles. The van der Waals surface area contributed by atoms with Gasteiger partial charge in [0, 0.05) is 31.4 Å². The van der Waals surface area contributed by atoms with Crippen molar-refractivity contribution in [2.24, 2.45) is 0 Å². The third-order valence-electron chi connectivity index (χ3n) is 8.24. The Kier molecular flexibility index (Phi) is 7.39. The first-order valence-corrected chi connectivity index (χ1v) is 15.3. The standard InChI is InChI=1S/C33H36ClFN6O3/c1-19(2)25-27(20(3)11-14-36-25)41-29-22(17-23(34)26(37-29)21-9-7-8-10-24(21)35)28(38-30(41)42)40-16-15-39(18-33(40)12-13-33)31(43)44-32(4,5)6/h7-11,14,17,19H,12-13,15-16,18H2,1-6H3. The molecule has 4 heterocycles. The molecular formula is C33H36ClFN6O3. The van der Waals surface area contributed by atoms with Crippen molar-refractivity contribution in [3.8, 4) is 16.9 Å². The summed E-state index contributed by atoms with van der Waals surface area (Å²) < 4.78 is 22.2. The van der Waals surface area contributed by atoms with Crippen LogP contribution in [0.3, 0.4) is 0 Å². The van der Waals surface area contributed by atoms with Crippen LogP contribution in [0.5, 0.6) is 0 Å². The van der Waals surface area contributed by atoms with Gasteiger partial charge in [0.25, 0.3) is 0 Å². The Bertz CT molecular complexity index is 1850. The van der Waals surface area contributed by atoms with Crippen LogP contribution in [0.2, 0.25) is 5.02 Å². The average Bonchev–Trinajstić information content (AvgIpc) is 3.71. The predicted molar refractivity (Wildman–Crippen MR) is 169 cm³/mol. The lowest BCUT2D eigenvalue weighted by atomic mass is 10.0. The Hall–Kier alpha value is -4.05. The number of piperazine rings is 1. The molecule has 11 heteroatoms. The molecule has 1 spiro atoms. The monoisotopic (exact) mass is 618 g/mol. The molecule has 1 aliphatic heterocycles. The van der Waals surface area contributed by atoms with Crippen LogP contribution in [0.1, 0.15) is 64.6 Å². The Labute approximate surface area is 260 Å². The minimum atomic E-state index is -0.606. The van der Waals surface area contributed by atoms with Gasteiger partial charge >= 0.3 is 11.8 Å². The highest BCUT2D eigenvalue weighted by atomic mass is 35.5. The van der Waals surface area contributed by atoms with Crippen molar-refractivity contribution < 1.29 is 13.9 Å². The van der Waals surface area contributed by atoms with E-state index in [4.69, 9.17) is 21.3 Å². The van der Waals surface area contributed by atoms with Gasteiger partial charge in [-0.25, -0.2) is 23.5 Å². The molecule has 0 N–H and O–H groups in total. The number of benzene rings is 1. The number of halogens is 2. The summed E-state index contributed by atoms with van der Waals surface area (Å²) in [7, 11) is 0. The van der Waals surface area contributed by atoms with Crippen LogP contribution in [0.4, 0.5) is 15.0 Å². The number of aromatic nitrogens is 4. The number of carbonyl (C=O) groups excluding carboxylic acids is 1.